The summed E-state index contributed by atoms with van der Waals surface area (Å²) in [6, 6.07) is 17.5. The van der Waals surface area contributed by atoms with E-state index in [9.17, 15) is 14.0 Å². The van der Waals surface area contributed by atoms with Crippen LogP contribution in [0.1, 0.15) is 34.3 Å². The van der Waals surface area contributed by atoms with E-state index in [4.69, 9.17) is 0 Å². The predicted octanol–water partition coefficient (Wildman–Crippen LogP) is 4.00. The predicted molar refractivity (Wildman–Crippen MR) is 125 cm³/mol. The molecule has 7 heteroatoms. The van der Waals surface area contributed by atoms with E-state index in [0.717, 1.165) is 18.7 Å². The van der Waals surface area contributed by atoms with Gasteiger partial charge in [-0.05, 0) is 55.8 Å². The number of hydrogen-bond donors (Lipinski definition) is 2. The van der Waals surface area contributed by atoms with Crippen LogP contribution < -0.4 is 10.6 Å². The van der Waals surface area contributed by atoms with Gasteiger partial charge >= 0.3 is 0 Å². The fourth-order valence-corrected chi connectivity index (χ4v) is 4.03. The number of amides is 2. The summed E-state index contributed by atoms with van der Waals surface area (Å²) in [5.41, 5.74) is 2.49. The molecule has 2 aromatic carbocycles. The van der Waals surface area contributed by atoms with Crippen molar-refractivity contribution in [2.24, 2.45) is 5.92 Å². The fraction of sp³-hybridized carbons (Fsp3) is 0.269. The van der Waals surface area contributed by atoms with E-state index in [1.54, 1.807) is 48.8 Å². The Balaban J connectivity index is 1.32. The molecule has 1 saturated heterocycles. The number of hydrogen-bond acceptors (Lipinski definition) is 4. The van der Waals surface area contributed by atoms with Crippen LogP contribution in [-0.4, -0.2) is 34.8 Å². The molecule has 6 nitrogen and oxygen atoms in total. The summed E-state index contributed by atoms with van der Waals surface area (Å²) in [5.74, 6) is -0.688. The Labute approximate surface area is 192 Å². The number of aromatic nitrogens is 1. The zero-order chi connectivity index (χ0) is 23.0. The normalized spacial score (nSPS) is 14.6. The Morgan fingerprint density at radius 1 is 1.00 bits per heavy atom. The van der Waals surface area contributed by atoms with Gasteiger partial charge in [-0.15, -0.1) is 0 Å². The van der Waals surface area contributed by atoms with Crippen LogP contribution in [0.25, 0.3) is 0 Å². The number of nitrogens with zero attached hydrogens (tertiary/aromatic N) is 2. The second kappa shape index (κ2) is 10.8. The van der Waals surface area contributed by atoms with Gasteiger partial charge in [0.25, 0.3) is 5.91 Å². The Morgan fingerprint density at radius 3 is 2.52 bits per heavy atom. The van der Waals surface area contributed by atoms with Crippen molar-refractivity contribution < 1.29 is 14.0 Å². The lowest BCUT2D eigenvalue weighted by atomic mass is 9.95. The molecule has 1 aliphatic heterocycles. The quantitative estimate of drug-likeness (QED) is 0.575. The minimum atomic E-state index is -0.255. The van der Waals surface area contributed by atoms with Gasteiger partial charge in [0, 0.05) is 37.0 Å². The molecule has 2 N–H and O–H groups in total. The van der Waals surface area contributed by atoms with Crippen molar-refractivity contribution in [2.45, 2.75) is 25.9 Å². The molecule has 2 heterocycles. The lowest BCUT2D eigenvalue weighted by Gasteiger charge is -2.31. The minimum absolute atomic E-state index is 0.0898. The summed E-state index contributed by atoms with van der Waals surface area (Å²) < 4.78 is 13.9. The maximum atomic E-state index is 13.9. The third-order valence-electron chi connectivity index (χ3n) is 5.92. The first kappa shape index (κ1) is 22.6. The highest BCUT2D eigenvalue weighted by atomic mass is 19.1. The van der Waals surface area contributed by atoms with E-state index < -0.39 is 0 Å². The molecule has 3 aromatic rings. The van der Waals surface area contributed by atoms with E-state index in [-0.39, 0.29) is 23.5 Å². The Kier molecular flexibility index (Phi) is 7.42. The number of anilines is 1. The third kappa shape index (κ3) is 6.02. The third-order valence-corrected chi connectivity index (χ3v) is 5.92. The first-order valence-corrected chi connectivity index (χ1v) is 11.1. The second-order valence-electron chi connectivity index (χ2n) is 8.22. The zero-order valence-electron chi connectivity index (χ0n) is 18.3. The summed E-state index contributed by atoms with van der Waals surface area (Å²) in [4.78, 5) is 31.8. The molecular formula is C26H27FN4O2. The van der Waals surface area contributed by atoms with E-state index >= 15 is 0 Å². The molecule has 0 unspecified atom stereocenters. The number of pyridine rings is 1. The molecule has 0 saturated carbocycles. The van der Waals surface area contributed by atoms with Gasteiger partial charge in [-0.1, -0.05) is 36.4 Å². The number of carbonyl (C=O) groups excluding carboxylic acids is 2. The molecule has 0 spiro atoms. The Hall–Kier alpha value is -3.58. The van der Waals surface area contributed by atoms with E-state index in [1.807, 2.05) is 18.2 Å². The van der Waals surface area contributed by atoms with Crippen molar-refractivity contribution in [3.63, 3.8) is 0 Å². The molecule has 1 fully saturated rings. The number of para-hydroxylation sites is 1. The minimum Gasteiger partial charge on any atom is -0.348 e. The smallest absolute Gasteiger partial charge is 0.253 e. The average Bonchev–Trinajstić information content (AvgIpc) is 2.85. The molecule has 0 radical (unpaired) electrons. The molecule has 2 amide bonds. The Morgan fingerprint density at radius 2 is 1.76 bits per heavy atom. The maximum Gasteiger partial charge on any atom is 0.253 e. The lowest BCUT2D eigenvalue weighted by Crippen LogP contribution is -2.38. The lowest BCUT2D eigenvalue weighted by molar-refractivity contribution is -0.121. The van der Waals surface area contributed by atoms with Gasteiger partial charge in [0.1, 0.15) is 5.82 Å². The second-order valence-corrected chi connectivity index (χ2v) is 8.22. The van der Waals surface area contributed by atoms with Gasteiger partial charge in [0.15, 0.2) is 0 Å². The van der Waals surface area contributed by atoms with Crippen LogP contribution in [0.3, 0.4) is 0 Å². The fourth-order valence-electron chi connectivity index (χ4n) is 4.03. The summed E-state index contributed by atoms with van der Waals surface area (Å²) in [6.07, 6.45) is 4.76. The van der Waals surface area contributed by atoms with E-state index in [1.165, 1.54) is 6.07 Å². The highest BCUT2D eigenvalue weighted by Crippen LogP contribution is 2.23. The zero-order valence-corrected chi connectivity index (χ0v) is 18.3. The van der Waals surface area contributed by atoms with Gasteiger partial charge in [-0.25, -0.2) is 4.39 Å². The van der Waals surface area contributed by atoms with Crippen molar-refractivity contribution in [1.82, 2.24) is 15.2 Å². The number of carbonyl (C=O) groups is 2. The van der Waals surface area contributed by atoms with Crippen molar-refractivity contribution in [3.8, 4) is 0 Å². The van der Waals surface area contributed by atoms with Gasteiger partial charge in [-0.2, -0.15) is 0 Å². The molecule has 1 aliphatic rings. The van der Waals surface area contributed by atoms with Crippen LogP contribution in [0.15, 0.2) is 73.1 Å². The molecule has 170 valence electrons. The van der Waals surface area contributed by atoms with E-state index in [0.29, 0.717) is 42.7 Å². The first-order chi connectivity index (χ1) is 16.1. The molecule has 0 atom stereocenters. The van der Waals surface area contributed by atoms with E-state index in [2.05, 4.69) is 20.5 Å². The standard InChI is InChI=1S/C26H27FN4O2/c27-23-9-3-1-7-21(23)18-31-14-11-20(12-15-31)25(32)30-24-10-4-2-8-22(24)26(33)29-17-19-6-5-13-28-16-19/h1-10,13,16,20H,11-12,14-15,17-18H2,(H,29,33)(H,30,32). The number of likely N-dealkylation sites (tertiary alicyclic amines) is 1. The molecule has 1 aromatic heterocycles. The summed E-state index contributed by atoms with van der Waals surface area (Å²) in [7, 11) is 0. The number of benzene rings is 2. The number of halogens is 1. The average molecular weight is 447 g/mol. The summed E-state index contributed by atoms with van der Waals surface area (Å²) in [6.45, 7) is 2.34. The van der Waals surface area contributed by atoms with Crippen molar-refractivity contribution in [2.75, 3.05) is 18.4 Å². The highest BCUT2D eigenvalue weighted by molar-refractivity contribution is 6.04. The van der Waals surface area contributed by atoms with Crippen LogP contribution in [0.4, 0.5) is 10.1 Å². The van der Waals surface area contributed by atoms with Gasteiger partial charge in [-0.3, -0.25) is 19.5 Å². The van der Waals surface area contributed by atoms with Gasteiger partial charge in [0.2, 0.25) is 5.91 Å². The largest absolute Gasteiger partial charge is 0.348 e. The van der Waals surface area contributed by atoms with Crippen LogP contribution in [0, 0.1) is 11.7 Å². The molecule has 0 aliphatic carbocycles. The van der Waals surface area contributed by atoms with Crippen LogP contribution in [0.2, 0.25) is 0 Å². The molecular weight excluding hydrogens is 419 g/mol. The first-order valence-electron chi connectivity index (χ1n) is 11.1. The Bertz CT molecular complexity index is 1100. The monoisotopic (exact) mass is 446 g/mol. The summed E-state index contributed by atoms with van der Waals surface area (Å²) >= 11 is 0. The van der Waals surface area contributed by atoms with Crippen molar-refractivity contribution in [3.05, 3.63) is 95.6 Å². The topological polar surface area (TPSA) is 74.3 Å². The number of rotatable bonds is 7. The number of piperidine rings is 1. The highest BCUT2D eigenvalue weighted by Gasteiger charge is 2.26. The summed E-state index contributed by atoms with van der Waals surface area (Å²) in [5, 5.41) is 5.82. The van der Waals surface area contributed by atoms with Crippen LogP contribution in [0.5, 0.6) is 0 Å². The number of nitrogens with one attached hydrogen (secondary N) is 2. The van der Waals surface area contributed by atoms with Crippen LogP contribution >= 0.6 is 0 Å². The molecule has 33 heavy (non-hydrogen) atoms. The molecule has 4 rings (SSSR count). The van der Waals surface area contributed by atoms with Gasteiger partial charge < -0.3 is 10.6 Å². The molecule has 0 bridgehead atoms. The van der Waals surface area contributed by atoms with Gasteiger partial charge in [0.05, 0.1) is 11.3 Å². The maximum absolute atomic E-state index is 13.9. The van der Waals surface area contributed by atoms with Crippen molar-refractivity contribution >= 4 is 17.5 Å². The SMILES string of the molecule is O=C(NCc1cccnc1)c1ccccc1NC(=O)C1CCN(Cc2ccccc2F)CC1. The van der Waals surface area contributed by atoms with Crippen LogP contribution in [-0.2, 0) is 17.9 Å². The van der Waals surface area contributed by atoms with Crippen molar-refractivity contribution in [1.29, 1.82) is 0 Å².